The van der Waals surface area contributed by atoms with Gasteiger partial charge in [0.15, 0.2) is 0 Å². The van der Waals surface area contributed by atoms with Gasteiger partial charge in [0, 0.05) is 25.2 Å². The first-order valence-corrected chi connectivity index (χ1v) is 7.40. The van der Waals surface area contributed by atoms with Crippen LogP contribution in [-0.4, -0.2) is 56.0 Å². The van der Waals surface area contributed by atoms with Gasteiger partial charge in [-0.1, -0.05) is 11.6 Å². The number of halogens is 3. The molecule has 0 aliphatic carbocycles. The lowest BCUT2D eigenvalue weighted by Crippen LogP contribution is -2.44. The summed E-state index contributed by atoms with van der Waals surface area (Å²) in [7, 11) is 5.67. The monoisotopic (exact) mass is 383 g/mol. The molecule has 0 radical (unpaired) electrons. The van der Waals surface area contributed by atoms with Crippen molar-refractivity contribution in [1.29, 1.82) is 0 Å². The van der Waals surface area contributed by atoms with Gasteiger partial charge in [0.05, 0.1) is 23.4 Å². The molecule has 2 rings (SSSR count). The molecule has 132 valence electrons. The molecule has 0 saturated carbocycles. The van der Waals surface area contributed by atoms with E-state index in [9.17, 15) is 4.79 Å². The summed E-state index contributed by atoms with van der Waals surface area (Å²) in [6, 6.07) is 3.73. The van der Waals surface area contributed by atoms with Crippen LogP contribution in [0.4, 0.5) is 5.69 Å². The highest BCUT2D eigenvalue weighted by atomic mass is 35.5. The van der Waals surface area contributed by atoms with E-state index in [1.54, 1.807) is 12.1 Å². The Morgan fingerprint density at radius 3 is 2.35 bits per heavy atom. The Hall–Kier alpha value is -0.880. The second-order valence-electron chi connectivity index (χ2n) is 5.56. The number of nitrogens with two attached hydrogens (primary N) is 1. The number of hydrogen-bond donors (Lipinski definition) is 1. The Morgan fingerprint density at radius 2 is 1.87 bits per heavy atom. The smallest absolute Gasteiger partial charge is 0.257 e. The number of benzene rings is 1. The Kier molecular flexibility index (Phi) is 9.06. The molecule has 1 aromatic rings. The quantitative estimate of drug-likeness (QED) is 0.814. The van der Waals surface area contributed by atoms with Gasteiger partial charge in [-0.15, -0.1) is 24.8 Å². The third-order valence-corrected chi connectivity index (χ3v) is 4.36. The van der Waals surface area contributed by atoms with Crippen LogP contribution in [0, 0.1) is 0 Å². The third-order valence-electron chi connectivity index (χ3n) is 4.03. The van der Waals surface area contributed by atoms with E-state index in [0.29, 0.717) is 28.1 Å². The molecule has 0 aromatic heterocycles. The van der Waals surface area contributed by atoms with Crippen LogP contribution >= 0.6 is 36.4 Å². The fourth-order valence-corrected chi connectivity index (χ4v) is 2.82. The van der Waals surface area contributed by atoms with E-state index in [1.165, 1.54) is 7.11 Å². The first-order chi connectivity index (χ1) is 9.93. The summed E-state index contributed by atoms with van der Waals surface area (Å²) in [5.74, 6) is 0.419. The van der Waals surface area contributed by atoms with Crippen LogP contribution in [0.2, 0.25) is 5.02 Å². The summed E-state index contributed by atoms with van der Waals surface area (Å²) < 4.78 is 5.26. The van der Waals surface area contributed by atoms with Gasteiger partial charge < -0.3 is 20.3 Å². The topological polar surface area (TPSA) is 58.8 Å². The second kappa shape index (κ2) is 9.42. The van der Waals surface area contributed by atoms with E-state index in [-0.39, 0.29) is 30.7 Å². The van der Waals surface area contributed by atoms with E-state index in [1.807, 2.05) is 4.90 Å². The number of carbonyl (C=O) groups excluding carboxylic acids is 1. The van der Waals surface area contributed by atoms with Crippen molar-refractivity contribution < 1.29 is 9.53 Å². The van der Waals surface area contributed by atoms with Crippen LogP contribution in [0.1, 0.15) is 23.2 Å². The molecular formula is C15H24Cl3N3O2. The van der Waals surface area contributed by atoms with E-state index in [4.69, 9.17) is 22.1 Å². The maximum Gasteiger partial charge on any atom is 0.257 e. The van der Waals surface area contributed by atoms with E-state index >= 15 is 0 Å². The molecule has 5 nitrogen and oxygen atoms in total. The lowest BCUT2D eigenvalue weighted by atomic mass is 10.0. The van der Waals surface area contributed by atoms with Crippen LogP contribution in [-0.2, 0) is 0 Å². The average molecular weight is 385 g/mol. The number of likely N-dealkylation sites (tertiary alicyclic amines) is 1. The lowest BCUT2D eigenvalue weighted by molar-refractivity contribution is 0.0660. The number of rotatable bonds is 3. The fourth-order valence-electron chi connectivity index (χ4n) is 2.66. The molecule has 0 unspecified atom stereocenters. The number of methoxy groups -OCH3 is 1. The fraction of sp³-hybridized carbons (Fsp3) is 0.533. The molecule has 23 heavy (non-hydrogen) atoms. The molecule has 0 atom stereocenters. The molecule has 2 N–H and O–H groups in total. The summed E-state index contributed by atoms with van der Waals surface area (Å²) in [5.41, 5.74) is 6.64. The number of piperidine rings is 1. The van der Waals surface area contributed by atoms with E-state index < -0.39 is 0 Å². The Balaban J connectivity index is 0.00000242. The van der Waals surface area contributed by atoms with Gasteiger partial charge >= 0.3 is 0 Å². The highest BCUT2D eigenvalue weighted by molar-refractivity contribution is 6.33. The van der Waals surface area contributed by atoms with Crippen molar-refractivity contribution in [3.63, 3.8) is 0 Å². The molecule has 1 aromatic carbocycles. The molecule has 1 aliphatic rings. The summed E-state index contributed by atoms with van der Waals surface area (Å²) in [6.07, 6.45) is 1.95. The maximum atomic E-state index is 12.7. The molecule has 8 heteroatoms. The van der Waals surface area contributed by atoms with Crippen molar-refractivity contribution in [1.82, 2.24) is 9.80 Å². The van der Waals surface area contributed by atoms with Crippen LogP contribution < -0.4 is 10.5 Å². The summed E-state index contributed by atoms with van der Waals surface area (Å²) in [6.45, 7) is 1.49. The zero-order chi connectivity index (χ0) is 15.6. The summed E-state index contributed by atoms with van der Waals surface area (Å²) in [4.78, 5) is 16.7. The lowest BCUT2D eigenvalue weighted by Gasteiger charge is -2.35. The highest BCUT2D eigenvalue weighted by Crippen LogP contribution is 2.30. The molecular weight excluding hydrogens is 361 g/mol. The summed E-state index contributed by atoms with van der Waals surface area (Å²) >= 11 is 6.03. The van der Waals surface area contributed by atoms with Crippen molar-refractivity contribution in [2.24, 2.45) is 0 Å². The number of hydrogen-bond acceptors (Lipinski definition) is 4. The minimum Gasteiger partial charge on any atom is -0.496 e. The van der Waals surface area contributed by atoms with Gasteiger partial charge in [0.2, 0.25) is 0 Å². The number of nitrogens with zero attached hydrogens (tertiary/aromatic N) is 2. The van der Waals surface area contributed by atoms with Crippen LogP contribution in [0.5, 0.6) is 5.75 Å². The van der Waals surface area contributed by atoms with Crippen molar-refractivity contribution in [2.75, 3.05) is 40.0 Å². The third kappa shape index (κ3) is 5.05. The van der Waals surface area contributed by atoms with Crippen molar-refractivity contribution >= 4 is 48.0 Å². The second-order valence-corrected chi connectivity index (χ2v) is 5.97. The molecule has 1 saturated heterocycles. The van der Waals surface area contributed by atoms with Gasteiger partial charge in [0.25, 0.3) is 5.91 Å². The molecule has 1 heterocycles. The Bertz CT molecular complexity index is 533. The maximum absolute atomic E-state index is 12.7. The largest absolute Gasteiger partial charge is 0.496 e. The van der Waals surface area contributed by atoms with Gasteiger partial charge in [-0.3, -0.25) is 4.79 Å². The predicted molar refractivity (Wildman–Crippen MR) is 99.5 cm³/mol. The van der Waals surface area contributed by atoms with Crippen molar-refractivity contribution in [3.05, 3.63) is 22.7 Å². The van der Waals surface area contributed by atoms with E-state index in [2.05, 4.69) is 19.0 Å². The number of nitrogen functional groups attached to an aromatic ring is 1. The number of ether oxygens (including phenoxy) is 1. The number of carbonyl (C=O) groups is 1. The van der Waals surface area contributed by atoms with Gasteiger partial charge in [-0.05, 0) is 33.0 Å². The van der Waals surface area contributed by atoms with Gasteiger partial charge in [-0.2, -0.15) is 0 Å². The molecule has 1 amide bonds. The first kappa shape index (κ1) is 22.1. The van der Waals surface area contributed by atoms with Crippen molar-refractivity contribution in [2.45, 2.75) is 18.9 Å². The van der Waals surface area contributed by atoms with Crippen molar-refractivity contribution in [3.8, 4) is 5.75 Å². The Morgan fingerprint density at radius 1 is 1.30 bits per heavy atom. The van der Waals surface area contributed by atoms with Crippen LogP contribution in [0.25, 0.3) is 0 Å². The number of amides is 1. The summed E-state index contributed by atoms with van der Waals surface area (Å²) in [5, 5.41) is 0.377. The molecule has 1 fully saturated rings. The minimum absolute atomic E-state index is 0. The van der Waals surface area contributed by atoms with Crippen LogP contribution in [0.15, 0.2) is 12.1 Å². The average Bonchev–Trinajstić information content (AvgIpc) is 2.49. The molecule has 1 aliphatic heterocycles. The Labute approximate surface area is 154 Å². The first-order valence-electron chi connectivity index (χ1n) is 7.02. The zero-order valence-corrected chi connectivity index (χ0v) is 15.9. The van der Waals surface area contributed by atoms with Gasteiger partial charge in [0.1, 0.15) is 5.75 Å². The van der Waals surface area contributed by atoms with Crippen LogP contribution in [0.3, 0.4) is 0 Å². The van der Waals surface area contributed by atoms with Gasteiger partial charge in [-0.25, -0.2) is 0 Å². The minimum atomic E-state index is -0.0500. The SMILES string of the molecule is COc1cc(N)c(Cl)cc1C(=O)N1CCC(N(C)C)CC1.Cl.Cl. The standard InChI is InChI=1S/C15H22ClN3O2.2ClH/c1-18(2)10-4-6-19(7-5-10)15(20)11-8-12(16)13(17)9-14(11)21-3;;/h8-10H,4-7,17H2,1-3H3;2*1H. The van der Waals surface area contributed by atoms with E-state index in [0.717, 1.165) is 25.9 Å². The molecule has 0 bridgehead atoms. The number of anilines is 1. The highest BCUT2D eigenvalue weighted by Gasteiger charge is 2.26. The zero-order valence-electron chi connectivity index (χ0n) is 13.5. The normalized spacial score (nSPS) is 14.9. The predicted octanol–water partition coefficient (Wildman–Crippen LogP) is 2.94. The molecule has 0 spiro atoms.